The third kappa shape index (κ3) is 1.55. The average molecular weight is 211 g/mol. The number of imide groups is 1. The van der Waals surface area contributed by atoms with E-state index in [0.29, 0.717) is 25.9 Å². The maximum absolute atomic E-state index is 11.8. The summed E-state index contributed by atoms with van der Waals surface area (Å²) in [5.74, 6) is -0.445. The van der Waals surface area contributed by atoms with Crippen LogP contribution >= 0.6 is 0 Å². The predicted octanol–water partition coefficient (Wildman–Crippen LogP) is -0.841. The van der Waals surface area contributed by atoms with Gasteiger partial charge >= 0.3 is 6.03 Å². The van der Waals surface area contributed by atoms with E-state index in [1.54, 1.807) is 0 Å². The summed E-state index contributed by atoms with van der Waals surface area (Å²) in [6.45, 7) is 1.11. The number of hydrogen-bond donors (Lipinski definition) is 1. The molecule has 0 aromatic carbocycles. The maximum atomic E-state index is 11.8. The predicted molar refractivity (Wildman–Crippen MR) is 50.9 cm³/mol. The Morgan fingerprint density at radius 3 is 2.67 bits per heavy atom. The van der Waals surface area contributed by atoms with Crippen molar-refractivity contribution in [3.8, 4) is 0 Å². The number of likely N-dealkylation sites (tertiary alicyclic amines) is 1. The van der Waals surface area contributed by atoms with Gasteiger partial charge in [-0.3, -0.25) is 14.5 Å². The highest BCUT2D eigenvalue weighted by atomic mass is 16.2. The van der Waals surface area contributed by atoms with Gasteiger partial charge in [0.05, 0.1) is 0 Å². The van der Waals surface area contributed by atoms with Crippen LogP contribution in [0, 0.1) is 0 Å². The summed E-state index contributed by atoms with van der Waals surface area (Å²) in [6, 6.07) is -0.675. The van der Waals surface area contributed by atoms with Gasteiger partial charge in [0.15, 0.2) is 0 Å². The van der Waals surface area contributed by atoms with Crippen LogP contribution in [0.2, 0.25) is 0 Å². The van der Waals surface area contributed by atoms with Gasteiger partial charge in [-0.1, -0.05) is 0 Å². The summed E-state index contributed by atoms with van der Waals surface area (Å²) >= 11 is 0. The Kier molecular flexibility index (Phi) is 2.34. The Morgan fingerprint density at radius 2 is 2.07 bits per heavy atom. The molecule has 82 valence electrons. The molecule has 4 amide bonds. The van der Waals surface area contributed by atoms with E-state index >= 15 is 0 Å². The molecular formula is C9H13N3O3. The third-order valence-corrected chi connectivity index (χ3v) is 2.89. The first-order valence-electron chi connectivity index (χ1n) is 4.96. The van der Waals surface area contributed by atoms with Gasteiger partial charge in [-0.15, -0.1) is 0 Å². The van der Waals surface area contributed by atoms with Crippen molar-refractivity contribution in [3.05, 3.63) is 0 Å². The summed E-state index contributed by atoms with van der Waals surface area (Å²) in [7, 11) is 1.46. The van der Waals surface area contributed by atoms with Gasteiger partial charge in [-0.25, -0.2) is 4.79 Å². The molecule has 0 aromatic rings. The fourth-order valence-corrected chi connectivity index (χ4v) is 1.97. The van der Waals surface area contributed by atoms with Crippen molar-refractivity contribution in [1.29, 1.82) is 0 Å². The summed E-state index contributed by atoms with van der Waals surface area (Å²) in [5.41, 5.74) is 0. The summed E-state index contributed by atoms with van der Waals surface area (Å²) in [4.78, 5) is 37.0. The third-order valence-electron chi connectivity index (χ3n) is 2.89. The molecule has 2 heterocycles. The van der Waals surface area contributed by atoms with Crippen LogP contribution in [0.4, 0.5) is 4.79 Å². The van der Waals surface area contributed by atoms with Gasteiger partial charge in [0.1, 0.15) is 6.04 Å². The van der Waals surface area contributed by atoms with Crippen LogP contribution in [0.1, 0.15) is 12.8 Å². The number of amides is 4. The fraction of sp³-hybridized carbons (Fsp3) is 0.667. The maximum Gasteiger partial charge on any atom is 0.318 e. The molecule has 1 atom stereocenters. The molecule has 0 bridgehead atoms. The molecule has 2 saturated heterocycles. The number of nitrogens with zero attached hydrogens (tertiary/aromatic N) is 2. The Labute approximate surface area is 87.2 Å². The van der Waals surface area contributed by atoms with Crippen LogP contribution in [0.25, 0.3) is 0 Å². The van der Waals surface area contributed by atoms with Crippen molar-refractivity contribution in [1.82, 2.24) is 15.1 Å². The van der Waals surface area contributed by atoms with Gasteiger partial charge in [-0.2, -0.15) is 0 Å². The normalized spacial score (nSPS) is 27.3. The molecule has 2 aliphatic rings. The van der Waals surface area contributed by atoms with Crippen LogP contribution in [0.15, 0.2) is 0 Å². The topological polar surface area (TPSA) is 69.7 Å². The number of carbonyl (C=O) groups excluding carboxylic acids is 3. The van der Waals surface area contributed by atoms with E-state index in [0.717, 1.165) is 4.90 Å². The zero-order valence-corrected chi connectivity index (χ0v) is 8.52. The zero-order valence-electron chi connectivity index (χ0n) is 8.52. The van der Waals surface area contributed by atoms with Crippen molar-refractivity contribution in [2.24, 2.45) is 0 Å². The van der Waals surface area contributed by atoms with E-state index in [1.165, 1.54) is 11.9 Å². The molecule has 0 saturated carbocycles. The molecule has 6 nitrogen and oxygen atoms in total. The molecule has 15 heavy (non-hydrogen) atoms. The quantitative estimate of drug-likeness (QED) is 0.575. The SMILES string of the molecule is CN1C(=O)CCC(N2CCNC2=O)C1=O. The fourth-order valence-electron chi connectivity index (χ4n) is 1.97. The lowest BCUT2D eigenvalue weighted by Gasteiger charge is -2.32. The number of urea groups is 1. The number of rotatable bonds is 1. The minimum absolute atomic E-state index is 0.171. The number of likely N-dealkylation sites (N-methyl/N-ethyl adjacent to an activating group) is 1. The Balaban J connectivity index is 2.13. The van der Waals surface area contributed by atoms with E-state index in [2.05, 4.69) is 5.32 Å². The summed E-state index contributed by atoms with van der Waals surface area (Å²) in [5, 5.41) is 2.64. The lowest BCUT2D eigenvalue weighted by atomic mass is 10.0. The highest BCUT2D eigenvalue weighted by Gasteiger charge is 2.39. The average Bonchev–Trinajstić information content (AvgIpc) is 2.62. The lowest BCUT2D eigenvalue weighted by Crippen LogP contribution is -2.53. The Morgan fingerprint density at radius 1 is 1.33 bits per heavy atom. The van der Waals surface area contributed by atoms with Crippen LogP contribution in [0.5, 0.6) is 0 Å². The number of piperidine rings is 1. The Bertz CT molecular complexity index is 329. The minimum atomic E-state index is -0.463. The molecule has 1 N–H and O–H groups in total. The van der Waals surface area contributed by atoms with Crippen LogP contribution < -0.4 is 5.32 Å². The van der Waals surface area contributed by atoms with E-state index in [4.69, 9.17) is 0 Å². The van der Waals surface area contributed by atoms with Crippen molar-refractivity contribution in [3.63, 3.8) is 0 Å². The molecule has 2 aliphatic heterocycles. The summed E-state index contributed by atoms with van der Waals surface area (Å²) < 4.78 is 0. The highest BCUT2D eigenvalue weighted by molar-refractivity contribution is 6.01. The molecule has 0 radical (unpaired) electrons. The second-order valence-corrected chi connectivity index (χ2v) is 3.77. The molecular weight excluding hydrogens is 198 g/mol. The van der Waals surface area contributed by atoms with Crippen LogP contribution in [-0.4, -0.2) is 53.8 Å². The van der Waals surface area contributed by atoms with Crippen LogP contribution in [0.3, 0.4) is 0 Å². The molecule has 6 heteroatoms. The molecule has 1 unspecified atom stereocenters. The molecule has 0 aliphatic carbocycles. The summed E-state index contributed by atoms with van der Waals surface area (Å²) in [6.07, 6.45) is 0.770. The van der Waals surface area contributed by atoms with E-state index in [1.807, 2.05) is 0 Å². The minimum Gasteiger partial charge on any atom is -0.336 e. The molecule has 0 aromatic heterocycles. The number of hydrogen-bond acceptors (Lipinski definition) is 3. The van der Waals surface area contributed by atoms with Crippen molar-refractivity contribution >= 4 is 17.8 Å². The van der Waals surface area contributed by atoms with Crippen molar-refractivity contribution in [2.75, 3.05) is 20.1 Å². The van der Waals surface area contributed by atoms with E-state index in [-0.39, 0.29) is 17.8 Å². The van der Waals surface area contributed by atoms with Crippen LogP contribution in [-0.2, 0) is 9.59 Å². The second-order valence-electron chi connectivity index (χ2n) is 3.77. The number of nitrogens with one attached hydrogen (secondary N) is 1. The first-order valence-corrected chi connectivity index (χ1v) is 4.96. The number of carbonyl (C=O) groups is 3. The van der Waals surface area contributed by atoms with Crippen molar-refractivity contribution in [2.45, 2.75) is 18.9 Å². The Hall–Kier alpha value is -1.59. The molecule has 0 spiro atoms. The van der Waals surface area contributed by atoms with E-state index < -0.39 is 6.04 Å². The van der Waals surface area contributed by atoms with Gasteiger partial charge in [-0.05, 0) is 6.42 Å². The largest absolute Gasteiger partial charge is 0.336 e. The standard InChI is InChI=1S/C9H13N3O3/c1-11-7(13)3-2-6(8(11)14)12-5-4-10-9(12)15/h6H,2-5H2,1H3,(H,10,15). The van der Waals surface area contributed by atoms with Gasteiger partial charge in [0.25, 0.3) is 5.91 Å². The highest BCUT2D eigenvalue weighted by Crippen LogP contribution is 2.18. The second kappa shape index (κ2) is 3.52. The monoisotopic (exact) mass is 211 g/mol. The lowest BCUT2D eigenvalue weighted by molar-refractivity contribution is -0.149. The van der Waals surface area contributed by atoms with E-state index in [9.17, 15) is 14.4 Å². The van der Waals surface area contributed by atoms with Gasteiger partial charge in [0, 0.05) is 26.6 Å². The smallest absolute Gasteiger partial charge is 0.318 e. The van der Waals surface area contributed by atoms with Gasteiger partial charge < -0.3 is 10.2 Å². The first-order chi connectivity index (χ1) is 7.11. The molecule has 2 fully saturated rings. The molecule has 2 rings (SSSR count). The van der Waals surface area contributed by atoms with Crippen molar-refractivity contribution < 1.29 is 14.4 Å². The first kappa shape index (κ1) is 9.95. The van der Waals surface area contributed by atoms with Gasteiger partial charge in [0.2, 0.25) is 5.91 Å². The zero-order chi connectivity index (χ0) is 11.0.